The zero-order chi connectivity index (χ0) is 22.3. The second-order valence-electron chi connectivity index (χ2n) is 6.67. The largest absolute Gasteiger partial charge is 0.507 e. The fraction of sp³-hybridized carbons (Fsp3) is 0.143. The summed E-state index contributed by atoms with van der Waals surface area (Å²) in [5.41, 5.74) is 0.773. The number of Topliss-reactive ketones (excluding diaryl/α,β-unsaturated/α-hetero) is 1. The number of aliphatic hydroxyl groups is 1. The second-order valence-corrected chi connectivity index (χ2v) is 8.65. The lowest BCUT2D eigenvalue weighted by molar-refractivity contribution is -0.132. The van der Waals surface area contributed by atoms with Gasteiger partial charge in [-0.2, -0.15) is 0 Å². The Morgan fingerprint density at radius 1 is 1.10 bits per heavy atom. The first-order chi connectivity index (χ1) is 14.8. The van der Waals surface area contributed by atoms with E-state index in [-0.39, 0.29) is 21.5 Å². The molecule has 0 bridgehead atoms. The van der Waals surface area contributed by atoms with Crippen LogP contribution in [0.4, 0.5) is 5.13 Å². The lowest BCUT2D eigenvalue weighted by atomic mass is 9.95. The van der Waals surface area contributed by atoms with Crippen molar-refractivity contribution < 1.29 is 19.4 Å². The van der Waals surface area contributed by atoms with E-state index >= 15 is 0 Å². The first kappa shape index (κ1) is 21.3. The summed E-state index contributed by atoms with van der Waals surface area (Å²) in [5.74, 6) is -1.39. The minimum absolute atomic E-state index is 0.0820. The van der Waals surface area contributed by atoms with Gasteiger partial charge in [0.2, 0.25) is 5.13 Å². The van der Waals surface area contributed by atoms with Gasteiger partial charge >= 0.3 is 5.91 Å². The van der Waals surface area contributed by atoms with Crippen molar-refractivity contribution in [2.75, 3.05) is 12.0 Å². The van der Waals surface area contributed by atoms with E-state index in [2.05, 4.69) is 10.2 Å². The molecule has 1 amide bonds. The van der Waals surface area contributed by atoms with Crippen molar-refractivity contribution in [2.45, 2.75) is 13.0 Å². The summed E-state index contributed by atoms with van der Waals surface area (Å²) in [6.45, 7) is 1.74. The molecule has 31 heavy (non-hydrogen) atoms. The minimum Gasteiger partial charge on any atom is -0.507 e. The molecule has 2 aromatic carbocycles. The third-order valence-corrected chi connectivity index (χ3v) is 6.37. The van der Waals surface area contributed by atoms with Crippen molar-refractivity contribution in [1.29, 1.82) is 0 Å². The number of carbonyl (C=O) groups is 2. The first-order valence-corrected chi connectivity index (χ1v) is 10.6. The Morgan fingerprint density at radius 2 is 1.81 bits per heavy atom. The van der Waals surface area contributed by atoms with Gasteiger partial charge < -0.3 is 9.84 Å². The number of anilines is 1. The van der Waals surface area contributed by atoms with Gasteiger partial charge in [0.05, 0.1) is 28.8 Å². The lowest BCUT2D eigenvalue weighted by Crippen LogP contribution is -2.29. The third kappa shape index (κ3) is 3.78. The van der Waals surface area contributed by atoms with Crippen molar-refractivity contribution in [3.8, 4) is 5.75 Å². The van der Waals surface area contributed by atoms with Crippen molar-refractivity contribution in [1.82, 2.24) is 10.2 Å². The zero-order valence-corrected chi connectivity index (χ0v) is 18.6. The van der Waals surface area contributed by atoms with Crippen LogP contribution < -0.4 is 9.64 Å². The average molecular weight is 476 g/mol. The van der Waals surface area contributed by atoms with Crippen molar-refractivity contribution in [3.05, 3.63) is 74.2 Å². The Hall–Kier alpha value is -2.94. The third-order valence-electron chi connectivity index (χ3n) is 4.79. The summed E-state index contributed by atoms with van der Waals surface area (Å²) < 4.78 is 5.14. The van der Waals surface area contributed by atoms with Gasteiger partial charge in [0.15, 0.2) is 0 Å². The molecule has 1 atom stereocenters. The van der Waals surface area contributed by atoms with E-state index in [1.54, 1.807) is 49.4 Å². The van der Waals surface area contributed by atoms with Crippen LogP contribution in [0.2, 0.25) is 10.0 Å². The van der Waals surface area contributed by atoms with Crippen LogP contribution in [0.1, 0.15) is 22.2 Å². The standard InChI is InChI=1S/C21H15Cl2N3O4S/c1-10-24-25-21(31-10)26-17(12-5-8-14(22)15(23)9-12)16(19(28)20(26)29)18(27)11-3-6-13(30-2)7-4-11/h3-9,17,27H,1-2H3/t17-/m0/s1. The summed E-state index contributed by atoms with van der Waals surface area (Å²) >= 11 is 13.4. The number of aliphatic hydroxyl groups excluding tert-OH is 1. The number of carbonyl (C=O) groups excluding carboxylic acids is 2. The van der Waals surface area contributed by atoms with E-state index in [9.17, 15) is 14.7 Å². The number of hydrogen-bond donors (Lipinski definition) is 1. The summed E-state index contributed by atoms with van der Waals surface area (Å²) in [5, 5.41) is 20.5. The molecule has 0 spiro atoms. The van der Waals surface area contributed by atoms with Crippen molar-refractivity contribution in [2.24, 2.45) is 0 Å². The number of benzene rings is 2. The van der Waals surface area contributed by atoms with Crippen LogP contribution in [0.25, 0.3) is 5.76 Å². The van der Waals surface area contributed by atoms with Crippen molar-refractivity contribution >= 4 is 57.1 Å². The van der Waals surface area contributed by atoms with Crippen LogP contribution in [-0.2, 0) is 9.59 Å². The van der Waals surface area contributed by atoms with Gasteiger partial charge in [-0.15, -0.1) is 10.2 Å². The Kier molecular flexibility index (Phi) is 5.70. The topological polar surface area (TPSA) is 92.6 Å². The maximum atomic E-state index is 13.0. The fourth-order valence-corrected chi connectivity index (χ4v) is 4.34. The number of rotatable bonds is 4. The summed E-state index contributed by atoms with van der Waals surface area (Å²) in [7, 11) is 1.52. The molecule has 0 unspecified atom stereocenters. The van der Waals surface area contributed by atoms with Gasteiger partial charge in [0, 0.05) is 5.56 Å². The van der Waals surface area contributed by atoms with E-state index < -0.39 is 17.7 Å². The van der Waals surface area contributed by atoms with Gasteiger partial charge in [-0.05, 0) is 48.9 Å². The van der Waals surface area contributed by atoms with Crippen LogP contribution in [0.15, 0.2) is 48.0 Å². The first-order valence-electron chi connectivity index (χ1n) is 9.02. The normalized spacial score (nSPS) is 17.9. The molecule has 7 nitrogen and oxygen atoms in total. The molecular weight excluding hydrogens is 461 g/mol. The summed E-state index contributed by atoms with van der Waals surface area (Å²) in [6, 6.07) is 10.3. The molecule has 1 aromatic heterocycles. The molecule has 1 saturated heterocycles. The molecule has 2 heterocycles. The van der Waals surface area contributed by atoms with Gasteiger partial charge in [-0.3, -0.25) is 14.5 Å². The molecule has 1 aliphatic heterocycles. The Balaban J connectivity index is 1.93. The highest BCUT2D eigenvalue weighted by atomic mass is 35.5. The fourth-order valence-electron chi connectivity index (χ4n) is 3.32. The number of ketones is 1. The lowest BCUT2D eigenvalue weighted by Gasteiger charge is -2.23. The molecule has 1 N–H and O–H groups in total. The number of hydrogen-bond acceptors (Lipinski definition) is 7. The Labute approximate surface area is 191 Å². The van der Waals surface area contributed by atoms with E-state index in [0.29, 0.717) is 26.9 Å². The van der Waals surface area contributed by atoms with Crippen LogP contribution in [0, 0.1) is 6.92 Å². The number of nitrogens with zero attached hydrogens (tertiary/aromatic N) is 3. The number of halogens is 2. The van der Waals surface area contributed by atoms with Crippen LogP contribution in [0.5, 0.6) is 5.75 Å². The van der Waals surface area contributed by atoms with Crippen LogP contribution >= 0.6 is 34.5 Å². The predicted octanol–water partition coefficient (Wildman–Crippen LogP) is 4.79. The van der Waals surface area contributed by atoms with Gasteiger partial charge in [0.25, 0.3) is 5.78 Å². The second kappa shape index (κ2) is 8.30. The average Bonchev–Trinajstić information content (AvgIpc) is 3.30. The van der Waals surface area contributed by atoms with E-state index in [1.807, 2.05) is 0 Å². The van der Waals surface area contributed by atoms with Crippen LogP contribution in [-0.4, -0.2) is 34.1 Å². The number of aromatic nitrogens is 2. The van der Waals surface area contributed by atoms with E-state index in [4.69, 9.17) is 27.9 Å². The highest BCUT2D eigenvalue weighted by Gasteiger charge is 2.48. The number of methoxy groups -OCH3 is 1. The Morgan fingerprint density at radius 3 is 2.39 bits per heavy atom. The molecular formula is C21H15Cl2N3O4S. The number of aryl methyl sites for hydroxylation is 1. The molecule has 10 heteroatoms. The molecule has 1 aliphatic rings. The van der Waals surface area contributed by atoms with E-state index in [0.717, 1.165) is 11.3 Å². The Bertz CT molecular complexity index is 1220. The van der Waals surface area contributed by atoms with Gasteiger partial charge in [0.1, 0.15) is 16.5 Å². The molecule has 3 aromatic rings. The quantitative estimate of drug-likeness (QED) is 0.331. The zero-order valence-electron chi connectivity index (χ0n) is 16.3. The molecule has 4 rings (SSSR count). The smallest absolute Gasteiger partial charge is 0.301 e. The number of amides is 1. The molecule has 1 fully saturated rings. The maximum absolute atomic E-state index is 13.0. The van der Waals surface area contributed by atoms with Gasteiger partial charge in [-0.25, -0.2) is 0 Å². The minimum atomic E-state index is -0.954. The monoisotopic (exact) mass is 475 g/mol. The van der Waals surface area contributed by atoms with Crippen molar-refractivity contribution in [3.63, 3.8) is 0 Å². The highest BCUT2D eigenvalue weighted by molar-refractivity contribution is 7.15. The molecule has 158 valence electrons. The SMILES string of the molecule is COc1ccc(C(O)=C2C(=O)C(=O)N(c3nnc(C)s3)[C@H]2c2ccc(Cl)c(Cl)c2)cc1. The van der Waals surface area contributed by atoms with E-state index in [1.165, 1.54) is 12.0 Å². The molecule has 0 radical (unpaired) electrons. The van der Waals surface area contributed by atoms with Crippen LogP contribution in [0.3, 0.4) is 0 Å². The highest BCUT2D eigenvalue weighted by Crippen LogP contribution is 2.44. The number of ether oxygens (including phenoxy) is 1. The molecule has 0 aliphatic carbocycles. The molecule has 0 saturated carbocycles. The summed E-state index contributed by atoms with van der Waals surface area (Å²) in [6.07, 6.45) is 0. The predicted molar refractivity (Wildman–Crippen MR) is 119 cm³/mol. The maximum Gasteiger partial charge on any atom is 0.301 e. The van der Waals surface area contributed by atoms with Gasteiger partial charge in [-0.1, -0.05) is 40.6 Å². The summed E-state index contributed by atoms with van der Waals surface area (Å²) in [4.78, 5) is 27.2.